The molecule has 1 aromatic carbocycles. The van der Waals surface area contributed by atoms with Crippen molar-refractivity contribution < 1.29 is 0 Å². The molecule has 0 aliphatic rings. The first-order valence-corrected chi connectivity index (χ1v) is 8.43. The summed E-state index contributed by atoms with van der Waals surface area (Å²) in [5.41, 5.74) is 3.36. The van der Waals surface area contributed by atoms with Crippen molar-refractivity contribution in [2.45, 2.75) is 46.5 Å². The molecule has 1 N–H and O–H groups in total. The lowest BCUT2D eigenvalue weighted by atomic mass is 10.0. The fraction of sp³-hybridized carbons (Fsp3) is 0.474. The van der Waals surface area contributed by atoms with Gasteiger partial charge in [-0.05, 0) is 37.0 Å². The van der Waals surface area contributed by atoms with E-state index in [0.29, 0.717) is 5.92 Å². The molecule has 4 nitrogen and oxygen atoms in total. The maximum Gasteiger partial charge on any atom is 0.227 e. The van der Waals surface area contributed by atoms with Crippen LogP contribution in [0.4, 0.5) is 17.5 Å². The first-order chi connectivity index (χ1) is 11.0. The number of benzene rings is 1. The van der Waals surface area contributed by atoms with Gasteiger partial charge >= 0.3 is 0 Å². The molecule has 1 aromatic heterocycles. The summed E-state index contributed by atoms with van der Waals surface area (Å²) in [6, 6.07) is 10.5. The maximum absolute atomic E-state index is 4.64. The van der Waals surface area contributed by atoms with E-state index < -0.39 is 0 Å². The third kappa shape index (κ3) is 4.95. The highest BCUT2D eigenvalue weighted by Crippen LogP contribution is 2.21. The van der Waals surface area contributed by atoms with E-state index in [0.717, 1.165) is 36.1 Å². The van der Waals surface area contributed by atoms with Crippen LogP contribution in [0.1, 0.15) is 50.8 Å². The van der Waals surface area contributed by atoms with E-state index in [9.17, 15) is 0 Å². The smallest absolute Gasteiger partial charge is 0.227 e. The van der Waals surface area contributed by atoms with Crippen molar-refractivity contribution in [1.29, 1.82) is 0 Å². The van der Waals surface area contributed by atoms with Crippen LogP contribution in [0.3, 0.4) is 0 Å². The predicted octanol–water partition coefficient (Wildman–Crippen LogP) is 4.89. The fourth-order valence-electron chi connectivity index (χ4n) is 2.38. The molecule has 0 bridgehead atoms. The minimum absolute atomic E-state index is 0.546. The number of anilines is 3. The van der Waals surface area contributed by atoms with Gasteiger partial charge in [-0.2, -0.15) is 4.98 Å². The third-order valence-electron chi connectivity index (χ3n) is 3.88. The molecule has 0 atom stereocenters. The zero-order chi connectivity index (χ0) is 16.8. The number of rotatable bonds is 7. The van der Waals surface area contributed by atoms with Crippen molar-refractivity contribution in [1.82, 2.24) is 9.97 Å². The fourth-order valence-corrected chi connectivity index (χ4v) is 2.38. The topological polar surface area (TPSA) is 41.1 Å². The van der Waals surface area contributed by atoms with Crippen LogP contribution in [0.15, 0.2) is 30.3 Å². The van der Waals surface area contributed by atoms with Gasteiger partial charge < -0.3 is 10.2 Å². The zero-order valence-electron chi connectivity index (χ0n) is 14.9. The molecule has 124 valence electrons. The molecular weight excluding hydrogens is 284 g/mol. The molecule has 1 heterocycles. The number of hydrogen-bond acceptors (Lipinski definition) is 4. The minimum Gasteiger partial charge on any atom is -0.344 e. The van der Waals surface area contributed by atoms with Crippen LogP contribution in [-0.2, 0) is 0 Å². The Kier molecular flexibility index (Phi) is 5.97. The lowest BCUT2D eigenvalue weighted by molar-refractivity contribution is 0.749. The number of aromatic nitrogens is 2. The third-order valence-corrected chi connectivity index (χ3v) is 3.88. The Bertz CT molecular complexity index is 620. The molecule has 0 aliphatic carbocycles. The molecule has 0 fully saturated rings. The van der Waals surface area contributed by atoms with Gasteiger partial charge in [0.1, 0.15) is 5.82 Å². The van der Waals surface area contributed by atoms with Crippen LogP contribution in [0, 0.1) is 6.92 Å². The van der Waals surface area contributed by atoms with E-state index in [1.54, 1.807) is 0 Å². The van der Waals surface area contributed by atoms with E-state index in [1.807, 2.05) is 20.0 Å². The van der Waals surface area contributed by atoms with Crippen molar-refractivity contribution in [2.75, 3.05) is 23.8 Å². The van der Waals surface area contributed by atoms with Crippen LogP contribution in [0.5, 0.6) is 0 Å². The van der Waals surface area contributed by atoms with E-state index in [-0.39, 0.29) is 0 Å². The zero-order valence-corrected chi connectivity index (χ0v) is 14.9. The summed E-state index contributed by atoms with van der Waals surface area (Å²) >= 11 is 0. The van der Waals surface area contributed by atoms with Gasteiger partial charge in [-0.3, -0.25) is 0 Å². The van der Waals surface area contributed by atoms with Crippen molar-refractivity contribution in [3.05, 3.63) is 41.6 Å². The van der Waals surface area contributed by atoms with Crippen LogP contribution in [-0.4, -0.2) is 23.6 Å². The molecule has 2 rings (SSSR count). The molecule has 0 spiro atoms. The summed E-state index contributed by atoms with van der Waals surface area (Å²) < 4.78 is 0. The van der Waals surface area contributed by atoms with Gasteiger partial charge in [-0.25, -0.2) is 4.98 Å². The van der Waals surface area contributed by atoms with Gasteiger partial charge in [0.15, 0.2) is 0 Å². The quantitative estimate of drug-likeness (QED) is 0.790. The highest BCUT2D eigenvalue weighted by atomic mass is 15.2. The lowest BCUT2D eigenvalue weighted by Crippen LogP contribution is -2.21. The summed E-state index contributed by atoms with van der Waals surface area (Å²) in [7, 11) is 2.05. The Hall–Kier alpha value is -2.10. The Morgan fingerprint density at radius 3 is 2.43 bits per heavy atom. The number of aryl methyl sites for hydroxylation is 1. The molecule has 0 amide bonds. The van der Waals surface area contributed by atoms with Crippen molar-refractivity contribution in [3.63, 3.8) is 0 Å². The Morgan fingerprint density at radius 2 is 1.83 bits per heavy atom. The molecule has 0 aliphatic heterocycles. The summed E-state index contributed by atoms with van der Waals surface area (Å²) in [5, 5.41) is 3.38. The van der Waals surface area contributed by atoms with Crippen molar-refractivity contribution >= 4 is 17.5 Å². The molecule has 0 unspecified atom stereocenters. The highest BCUT2D eigenvalue weighted by molar-refractivity contribution is 5.58. The summed E-state index contributed by atoms with van der Waals surface area (Å²) in [6.07, 6.45) is 2.32. The van der Waals surface area contributed by atoms with Gasteiger partial charge in [0.05, 0.1) is 0 Å². The summed E-state index contributed by atoms with van der Waals surface area (Å²) in [6.45, 7) is 9.58. The lowest BCUT2D eigenvalue weighted by Gasteiger charge is -2.18. The van der Waals surface area contributed by atoms with Crippen LogP contribution >= 0.6 is 0 Å². The molecule has 0 saturated heterocycles. The summed E-state index contributed by atoms with van der Waals surface area (Å²) in [5.74, 6) is 2.16. The monoisotopic (exact) mass is 312 g/mol. The normalized spacial score (nSPS) is 10.9. The molecule has 0 radical (unpaired) electrons. The van der Waals surface area contributed by atoms with Gasteiger partial charge in [0.2, 0.25) is 5.95 Å². The maximum atomic E-state index is 4.64. The van der Waals surface area contributed by atoms with E-state index in [2.05, 4.69) is 65.2 Å². The SMILES string of the molecule is CCCCN(C)c1nc(C)cc(Nc2ccc(C(C)C)cc2)n1. The number of nitrogens with one attached hydrogen (secondary N) is 1. The van der Waals surface area contributed by atoms with Gasteiger partial charge in [0, 0.05) is 31.0 Å². The second-order valence-corrected chi connectivity index (χ2v) is 6.37. The van der Waals surface area contributed by atoms with Gasteiger partial charge in [0.25, 0.3) is 0 Å². The van der Waals surface area contributed by atoms with E-state index in [1.165, 1.54) is 12.0 Å². The first-order valence-electron chi connectivity index (χ1n) is 8.43. The molecular formula is C19H28N4. The average Bonchev–Trinajstić information content (AvgIpc) is 2.52. The Morgan fingerprint density at radius 1 is 1.13 bits per heavy atom. The minimum atomic E-state index is 0.546. The average molecular weight is 312 g/mol. The van der Waals surface area contributed by atoms with Crippen LogP contribution in [0.25, 0.3) is 0 Å². The van der Waals surface area contributed by atoms with Crippen LogP contribution < -0.4 is 10.2 Å². The Balaban J connectivity index is 2.14. The highest BCUT2D eigenvalue weighted by Gasteiger charge is 2.07. The molecule has 4 heteroatoms. The second-order valence-electron chi connectivity index (χ2n) is 6.37. The number of nitrogens with zero attached hydrogens (tertiary/aromatic N) is 3. The van der Waals surface area contributed by atoms with Crippen molar-refractivity contribution in [3.8, 4) is 0 Å². The van der Waals surface area contributed by atoms with Crippen LogP contribution in [0.2, 0.25) is 0 Å². The second kappa shape index (κ2) is 7.95. The largest absolute Gasteiger partial charge is 0.344 e. The molecule has 2 aromatic rings. The van der Waals surface area contributed by atoms with Crippen molar-refractivity contribution in [2.24, 2.45) is 0 Å². The standard InChI is InChI=1S/C19H28N4/c1-6-7-12-23(5)19-20-15(4)13-18(22-19)21-17-10-8-16(9-11-17)14(2)3/h8-11,13-14H,6-7,12H2,1-5H3,(H,20,21,22). The Labute approximate surface area is 140 Å². The van der Waals surface area contributed by atoms with Gasteiger partial charge in [-0.1, -0.05) is 39.3 Å². The molecule has 0 saturated carbocycles. The first kappa shape index (κ1) is 17.3. The van der Waals surface area contributed by atoms with E-state index >= 15 is 0 Å². The number of unbranched alkanes of at least 4 members (excludes halogenated alkanes) is 1. The van der Waals surface area contributed by atoms with E-state index in [4.69, 9.17) is 0 Å². The predicted molar refractivity (Wildman–Crippen MR) is 98.8 cm³/mol. The number of hydrogen-bond donors (Lipinski definition) is 1. The molecule has 23 heavy (non-hydrogen) atoms. The van der Waals surface area contributed by atoms with Gasteiger partial charge in [-0.15, -0.1) is 0 Å². The summed E-state index contributed by atoms with van der Waals surface area (Å²) in [4.78, 5) is 11.3.